The Bertz CT molecular complexity index is 678. The number of hydrogen-bond donors (Lipinski definition) is 2. The Labute approximate surface area is 125 Å². The first kappa shape index (κ1) is 15.0. The van der Waals surface area contributed by atoms with Crippen molar-refractivity contribution < 1.29 is 4.79 Å². The molecule has 2 rings (SSSR count). The van der Waals surface area contributed by atoms with Gasteiger partial charge in [0.1, 0.15) is 0 Å². The van der Waals surface area contributed by atoms with Gasteiger partial charge >= 0.3 is 0 Å². The van der Waals surface area contributed by atoms with Gasteiger partial charge in [-0.15, -0.1) is 0 Å². The van der Waals surface area contributed by atoms with Crippen LogP contribution in [0.1, 0.15) is 35.5 Å². The van der Waals surface area contributed by atoms with Crippen LogP contribution in [0.5, 0.6) is 0 Å². The molecule has 1 heterocycles. The number of hydrogen-bond acceptors (Lipinski definition) is 3. The molecule has 0 bridgehead atoms. The van der Waals surface area contributed by atoms with Crippen LogP contribution in [0.25, 0.3) is 11.1 Å². The highest BCUT2D eigenvalue weighted by Crippen LogP contribution is 2.26. The van der Waals surface area contributed by atoms with Crippen molar-refractivity contribution in [1.29, 1.82) is 0 Å². The molecule has 3 N–H and O–H groups in total. The van der Waals surface area contributed by atoms with Crippen molar-refractivity contribution in [2.75, 3.05) is 5.73 Å². The standard InChI is InChI=1S/C17H21N3O/c1-10(2)20-17(21)16-8-13(9-19-12(16)4)15-6-5-14(18)7-11(15)3/h5-10H,18H2,1-4H3,(H,20,21). The van der Waals surface area contributed by atoms with E-state index in [2.05, 4.69) is 10.3 Å². The first-order valence-electron chi connectivity index (χ1n) is 7.02. The predicted octanol–water partition coefficient (Wildman–Crippen LogP) is 3.09. The minimum atomic E-state index is -0.0926. The molecular weight excluding hydrogens is 262 g/mol. The molecule has 21 heavy (non-hydrogen) atoms. The topological polar surface area (TPSA) is 68.0 Å². The van der Waals surface area contributed by atoms with E-state index in [1.807, 2.05) is 52.0 Å². The summed E-state index contributed by atoms with van der Waals surface area (Å²) in [5.74, 6) is -0.0926. The van der Waals surface area contributed by atoms with Gasteiger partial charge in [0.15, 0.2) is 0 Å². The van der Waals surface area contributed by atoms with E-state index in [1.165, 1.54) is 0 Å². The number of nitrogens with one attached hydrogen (secondary N) is 1. The predicted molar refractivity (Wildman–Crippen MR) is 86.2 cm³/mol. The summed E-state index contributed by atoms with van der Waals surface area (Å²) in [5.41, 5.74) is 10.9. The number of aryl methyl sites for hydroxylation is 2. The van der Waals surface area contributed by atoms with Crippen molar-refractivity contribution in [1.82, 2.24) is 10.3 Å². The number of pyridine rings is 1. The third-order valence-electron chi connectivity index (χ3n) is 3.31. The molecule has 0 aliphatic rings. The molecule has 1 aromatic carbocycles. The Hall–Kier alpha value is -2.36. The molecule has 1 aromatic heterocycles. The van der Waals surface area contributed by atoms with E-state index in [0.29, 0.717) is 5.56 Å². The van der Waals surface area contributed by atoms with Gasteiger partial charge in [0.05, 0.1) is 11.3 Å². The summed E-state index contributed by atoms with van der Waals surface area (Å²) in [7, 11) is 0. The van der Waals surface area contributed by atoms with Gasteiger partial charge in [-0.05, 0) is 57.0 Å². The van der Waals surface area contributed by atoms with Gasteiger partial charge in [-0.3, -0.25) is 9.78 Å². The smallest absolute Gasteiger partial charge is 0.253 e. The van der Waals surface area contributed by atoms with Gasteiger partial charge in [0.25, 0.3) is 5.91 Å². The number of nitrogens with zero attached hydrogens (tertiary/aromatic N) is 1. The first-order valence-corrected chi connectivity index (χ1v) is 7.02. The lowest BCUT2D eigenvalue weighted by Gasteiger charge is -2.12. The number of rotatable bonds is 3. The number of carbonyl (C=O) groups excluding carboxylic acids is 1. The van der Waals surface area contributed by atoms with Crippen LogP contribution in [0, 0.1) is 13.8 Å². The molecule has 0 radical (unpaired) electrons. The van der Waals surface area contributed by atoms with E-state index in [1.54, 1.807) is 6.20 Å². The van der Waals surface area contributed by atoms with Gasteiger partial charge in [0, 0.05) is 23.5 Å². The number of carbonyl (C=O) groups is 1. The summed E-state index contributed by atoms with van der Waals surface area (Å²) in [4.78, 5) is 16.6. The molecule has 1 amide bonds. The van der Waals surface area contributed by atoms with E-state index < -0.39 is 0 Å². The van der Waals surface area contributed by atoms with Crippen molar-refractivity contribution in [2.24, 2.45) is 0 Å². The molecule has 0 aliphatic carbocycles. The van der Waals surface area contributed by atoms with Crippen LogP contribution in [0.4, 0.5) is 5.69 Å². The SMILES string of the molecule is Cc1cc(N)ccc1-c1cnc(C)c(C(=O)NC(C)C)c1. The highest BCUT2D eigenvalue weighted by Gasteiger charge is 2.13. The molecule has 0 fully saturated rings. The highest BCUT2D eigenvalue weighted by molar-refractivity contribution is 5.96. The average Bonchev–Trinajstić information content (AvgIpc) is 2.39. The van der Waals surface area contributed by atoms with Crippen LogP contribution in [-0.2, 0) is 0 Å². The molecule has 4 nitrogen and oxygen atoms in total. The van der Waals surface area contributed by atoms with E-state index in [0.717, 1.165) is 28.1 Å². The second-order valence-electron chi connectivity index (χ2n) is 5.56. The second-order valence-corrected chi connectivity index (χ2v) is 5.56. The van der Waals surface area contributed by atoms with E-state index in [-0.39, 0.29) is 11.9 Å². The van der Waals surface area contributed by atoms with Gasteiger partial charge in [0.2, 0.25) is 0 Å². The van der Waals surface area contributed by atoms with Crippen molar-refractivity contribution in [3.63, 3.8) is 0 Å². The second kappa shape index (κ2) is 5.95. The molecule has 110 valence electrons. The Balaban J connectivity index is 2.45. The van der Waals surface area contributed by atoms with Crippen molar-refractivity contribution in [3.05, 3.63) is 47.3 Å². The third kappa shape index (κ3) is 3.40. The van der Waals surface area contributed by atoms with Crippen molar-refractivity contribution in [3.8, 4) is 11.1 Å². The number of nitrogens with two attached hydrogens (primary N) is 1. The highest BCUT2D eigenvalue weighted by atomic mass is 16.1. The lowest BCUT2D eigenvalue weighted by Crippen LogP contribution is -2.30. The first-order chi connectivity index (χ1) is 9.88. The molecular formula is C17H21N3O. The molecule has 2 aromatic rings. The average molecular weight is 283 g/mol. The maximum atomic E-state index is 12.2. The maximum absolute atomic E-state index is 12.2. The molecule has 0 aliphatic heterocycles. The Morgan fingerprint density at radius 2 is 1.95 bits per heavy atom. The number of amides is 1. The third-order valence-corrected chi connectivity index (χ3v) is 3.31. The molecule has 0 unspecified atom stereocenters. The molecule has 0 atom stereocenters. The molecule has 0 saturated heterocycles. The molecule has 0 spiro atoms. The fourth-order valence-electron chi connectivity index (χ4n) is 2.26. The van der Waals surface area contributed by atoms with Crippen molar-refractivity contribution in [2.45, 2.75) is 33.7 Å². The van der Waals surface area contributed by atoms with Crippen LogP contribution in [0.2, 0.25) is 0 Å². The summed E-state index contributed by atoms with van der Waals surface area (Å²) in [5, 5.41) is 2.90. The normalized spacial score (nSPS) is 10.7. The fourth-order valence-corrected chi connectivity index (χ4v) is 2.26. The summed E-state index contributed by atoms with van der Waals surface area (Å²) >= 11 is 0. The molecule has 4 heteroatoms. The Morgan fingerprint density at radius 1 is 1.24 bits per heavy atom. The summed E-state index contributed by atoms with van der Waals surface area (Å²) in [6.45, 7) is 7.72. The lowest BCUT2D eigenvalue weighted by molar-refractivity contribution is 0.0942. The zero-order valence-corrected chi connectivity index (χ0v) is 12.9. The number of anilines is 1. The lowest BCUT2D eigenvalue weighted by atomic mass is 9.99. The van der Waals surface area contributed by atoms with Crippen LogP contribution < -0.4 is 11.1 Å². The van der Waals surface area contributed by atoms with Crippen LogP contribution in [0.3, 0.4) is 0 Å². The number of benzene rings is 1. The van der Waals surface area contributed by atoms with Gasteiger partial charge in [-0.25, -0.2) is 0 Å². The zero-order valence-electron chi connectivity index (χ0n) is 12.9. The number of aromatic nitrogens is 1. The minimum Gasteiger partial charge on any atom is -0.399 e. The summed E-state index contributed by atoms with van der Waals surface area (Å²) < 4.78 is 0. The van der Waals surface area contributed by atoms with E-state index in [9.17, 15) is 4.79 Å². The van der Waals surface area contributed by atoms with Crippen LogP contribution in [0.15, 0.2) is 30.5 Å². The maximum Gasteiger partial charge on any atom is 0.253 e. The summed E-state index contributed by atoms with van der Waals surface area (Å²) in [6, 6.07) is 7.72. The van der Waals surface area contributed by atoms with E-state index in [4.69, 9.17) is 5.73 Å². The monoisotopic (exact) mass is 283 g/mol. The van der Waals surface area contributed by atoms with E-state index >= 15 is 0 Å². The fraction of sp³-hybridized carbons (Fsp3) is 0.294. The quantitative estimate of drug-likeness (QED) is 0.851. The van der Waals surface area contributed by atoms with Crippen LogP contribution in [-0.4, -0.2) is 16.9 Å². The Kier molecular flexibility index (Phi) is 4.26. The van der Waals surface area contributed by atoms with Crippen molar-refractivity contribution >= 4 is 11.6 Å². The van der Waals surface area contributed by atoms with Gasteiger partial charge in [-0.2, -0.15) is 0 Å². The zero-order chi connectivity index (χ0) is 15.6. The summed E-state index contributed by atoms with van der Waals surface area (Å²) in [6.07, 6.45) is 1.79. The van der Waals surface area contributed by atoms with Gasteiger partial charge < -0.3 is 11.1 Å². The molecule has 0 saturated carbocycles. The van der Waals surface area contributed by atoms with Crippen LogP contribution >= 0.6 is 0 Å². The van der Waals surface area contributed by atoms with Gasteiger partial charge in [-0.1, -0.05) is 6.07 Å². The largest absolute Gasteiger partial charge is 0.399 e. The Morgan fingerprint density at radius 3 is 2.57 bits per heavy atom. The number of nitrogen functional groups attached to an aromatic ring is 1. The minimum absolute atomic E-state index is 0.0926.